The van der Waals surface area contributed by atoms with Crippen LogP contribution in [0.3, 0.4) is 0 Å². The van der Waals surface area contributed by atoms with E-state index in [4.69, 9.17) is 11.5 Å². The van der Waals surface area contributed by atoms with Crippen LogP contribution in [0.5, 0.6) is 0 Å². The zero-order chi connectivity index (χ0) is 16.3. The van der Waals surface area contributed by atoms with E-state index >= 15 is 0 Å². The smallest absolute Gasteiger partial charge is 0.550 e. The molecule has 0 aromatic heterocycles. The molecule has 0 aromatic carbocycles. The molecule has 0 aliphatic carbocycles. The second-order valence-electron chi connectivity index (χ2n) is 3.67. The van der Waals surface area contributed by atoms with Gasteiger partial charge in [-0.05, 0) is 25.7 Å². The monoisotopic (exact) mass is 338 g/mol. The number of hydrogen-bond acceptors (Lipinski definition) is 10. The minimum Gasteiger partial charge on any atom is -0.550 e. The van der Waals surface area contributed by atoms with E-state index in [9.17, 15) is 39.6 Å². The molecule has 4 N–H and O–H groups in total. The van der Waals surface area contributed by atoms with Gasteiger partial charge < -0.3 is 51.1 Å². The first-order valence-electron chi connectivity index (χ1n) is 5.40. The standard InChI is InChI=1S/2C5H9NO4.2Mg/c2*6-3(5(9)10)1-2-4(7)8;;/h2*3H,1-2,6H2,(H,7,8)(H,9,10);;/q;;2*+2/p-4. The van der Waals surface area contributed by atoms with E-state index < -0.39 is 36.0 Å². The van der Waals surface area contributed by atoms with E-state index in [1.807, 2.05) is 0 Å². The van der Waals surface area contributed by atoms with Gasteiger partial charge in [0.05, 0.1) is 11.9 Å². The first-order valence-corrected chi connectivity index (χ1v) is 5.40. The fourth-order valence-corrected chi connectivity index (χ4v) is 0.782. The van der Waals surface area contributed by atoms with Crippen molar-refractivity contribution in [1.82, 2.24) is 0 Å². The predicted molar refractivity (Wildman–Crippen MR) is 66.0 cm³/mol. The molecule has 0 aromatic rings. The average molecular weight is 339 g/mol. The molecule has 0 saturated heterocycles. The van der Waals surface area contributed by atoms with Crippen LogP contribution < -0.4 is 31.9 Å². The fourth-order valence-electron chi connectivity index (χ4n) is 0.782. The van der Waals surface area contributed by atoms with Gasteiger partial charge in [-0.3, -0.25) is 0 Å². The number of nitrogens with two attached hydrogens (primary N) is 2. The summed E-state index contributed by atoms with van der Waals surface area (Å²) in [6.45, 7) is 0. The molecule has 10 nitrogen and oxygen atoms in total. The zero-order valence-electron chi connectivity index (χ0n) is 11.8. The Kier molecular flexibility index (Phi) is 22.3. The van der Waals surface area contributed by atoms with Crippen molar-refractivity contribution in [3.05, 3.63) is 0 Å². The van der Waals surface area contributed by atoms with Crippen LogP contribution in [0.25, 0.3) is 0 Å². The molecule has 0 spiro atoms. The number of carboxylic acids is 4. The van der Waals surface area contributed by atoms with Gasteiger partial charge >= 0.3 is 46.1 Å². The van der Waals surface area contributed by atoms with Gasteiger partial charge in [0.2, 0.25) is 0 Å². The quantitative estimate of drug-likeness (QED) is 0.398. The van der Waals surface area contributed by atoms with Gasteiger partial charge in [-0.2, -0.15) is 0 Å². The third-order valence-electron chi connectivity index (χ3n) is 1.92. The van der Waals surface area contributed by atoms with Gasteiger partial charge in [-0.15, -0.1) is 0 Å². The van der Waals surface area contributed by atoms with Gasteiger partial charge in [-0.1, -0.05) is 0 Å². The van der Waals surface area contributed by atoms with Gasteiger partial charge in [0.15, 0.2) is 0 Å². The summed E-state index contributed by atoms with van der Waals surface area (Å²) in [5.41, 5.74) is 9.82. The van der Waals surface area contributed by atoms with Crippen molar-refractivity contribution in [2.24, 2.45) is 11.5 Å². The molecule has 0 saturated carbocycles. The van der Waals surface area contributed by atoms with Crippen LogP contribution in [-0.4, -0.2) is 82.1 Å². The summed E-state index contributed by atoms with van der Waals surface area (Å²) in [7, 11) is 0. The summed E-state index contributed by atoms with van der Waals surface area (Å²) in [6, 6.07) is -2.42. The summed E-state index contributed by atoms with van der Waals surface area (Å²) in [6.07, 6.45) is -1.00. The molecule has 0 radical (unpaired) electrons. The van der Waals surface area contributed by atoms with Crippen molar-refractivity contribution < 1.29 is 39.6 Å². The Balaban J connectivity index is -0.000000135. The predicted octanol–water partition coefficient (Wildman–Crippen LogP) is -7.57. The Hall–Kier alpha value is -0.668. The van der Waals surface area contributed by atoms with E-state index in [-0.39, 0.29) is 71.8 Å². The largest absolute Gasteiger partial charge is 2.00 e. The van der Waals surface area contributed by atoms with E-state index in [0.717, 1.165) is 0 Å². The summed E-state index contributed by atoms with van der Waals surface area (Å²) in [5, 5.41) is 39.2. The summed E-state index contributed by atoms with van der Waals surface area (Å²) in [4.78, 5) is 39.2. The molecule has 0 aliphatic heterocycles. The van der Waals surface area contributed by atoms with Gasteiger partial charge in [-0.25, -0.2) is 0 Å². The van der Waals surface area contributed by atoms with Gasteiger partial charge in [0, 0.05) is 24.0 Å². The fraction of sp³-hybridized carbons (Fsp3) is 0.600. The number of rotatable bonds is 8. The Labute approximate surface area is 158 Å². The Bertz CT molecular complexity index is 333. The number of carbonyl (C=O) groups is 4. The minimum absolute atomic E-state index is 0. The molecule has 116 valence electrons. The van der Waals surface area contributed by atoms with Crippen molar-refractivity contribution in [2.45, 2.75) is 37.8 Å². The van der Waals surface area contributed by atoms with Crippen LogP contribution in [-0.2, 0) is 19.2 Å². The zero-order valence-corrected chi connectivity index (χ0v) is 14.6. The van der Waals surface area contributed by atoms with Crippen molar-refractivity contribution >= 4 is 70.0 Å². The Morgan fingerprint density at radius 2 is 0.909 bits per heavy atom. The van der Waals surface area contributed by atoms with Crippen molar-refractivity contribution in [3.8, 4) is 0 Å². The molecular formula is C10H14Mg2N2O8. The SMILES string of the molecule is NC(CCC(=O)[O-])C(=O)[O-].NC(CCC(=O)[O-])C(=O)[O-].[Mg+2].[Mg+2]. The maximum atomic E-state index is 9.86. The molecular weight excluding hydrogens is 325 g/mol. The minimum atomic E-state index is -1.44. The molecule has 0 amide bonds. The van der Waals surface area contributed by atoms with Crippen LogP contribution in [0.15, 0.2) is 0 Å². The second kappa shape index (κ2) is 16.7. The number of aliphatic carboxylic acids is 4. The topological polar surface area (TPSA) is 213 Å². The number of carbonyl (C=O) groups excluding carboxylic acids is 4. The summed E-state index contributed by atoms with van der Waals surface area (Å²) in [5.74, 6) is -5.50. The van der Waals surface area contributed by atoms with E-state index in [2.05, 4.69) is 0 Å². The summed E-state index contributed by atoms with van der Waals surface area (Å²) >= 11 is 0. The van der Waals surface area contributed by atoms with Crippen molar-refractivity contribution in [1.29, 1.82) is 0 Å². The Morgan fingerprint density at radius 3 is 1.05 bits per heavy atom. The molecule has 0 heterocycles. The van der Waals surface area contributed by atoms with Crippen LogP contribution in [0, 0.1) is 0 Å². The Morgan fingerprint density at radius 1 is 0.682 bits per heavy atom. The van der Waals surface area contributed by atoms with Crippen LogP contribution in [0.4, 0.5) is 0 Å². The molecule has 0 rings (SSSR count). The molecule has 22 heavy (non-hydrogen) atoms. The summed E-state index contributed by atoms with van der Waals surface area (Å²) < 4.78 is 0. The molecule has 12 heteroatoms. The van der Waals surface area contributed by atoms with Crippen molar-refractivity contribution in [3.63, 3.8) is 0 Å². The third-order valence-corrected chi connectivity index (χ3v) is 1.92. The van der Waals surface area contributed by atoms with Crippen LogP contribution in [0.1, 0.15) is 25.7 Å². The molecule has 2 unspecified atom stereocenters. The third kappa shape index (κ3) is 21.6. The normalized spacial score (nSPS) is 11.4. The molecule has 2 atom stereocenters. The first kappa shape index (κ1) is 29.4. The maximum Gasteiger partial charge on any atom is 2.00 e. The second-order valence-corrected chi connectivity index (χ2v) is 3.67. The number of carboxylic acid groups (broad SMARTS) is 4. The van der Waals surface area contributed by atoms with Crippen LogP contribution >= 0.6 is 0 Å². The molecule has 0 fully saturated rings. The first-order chi connectivity index (χ1) is 9.07. The van der Waals surface area contributed by atoms with E-state index in [0.29, 0.717) is 0 Å². The molecule has 0 aliphatic rings. The van der Waals surface area contributed by atoms with Crippen molar-refractivity contribution in [2.75, 3.05) is 0 Å². The van der Waals surface area contributed by atoms with E-state index in [1.54, 1.807) is 0 Å². The van der Waals surface area contributed by atoms with Gasteiger partial charge in [0.25, 0.3) is 0 Å². The average Bonchev–Trinajstić information content (AvgIpc) is 2.33. The molecule has 0 bridgehead atoms. The van der Waals surface area contributed by atoms with Crippen LogP contribution in [0.2, 0.25) is 0 Å². The maximum absolute atomic E-state index is 9.86. The van der Waals surface area contributed by atoms with E-state index in [1.165, 1.54) is 0 Å². The van der Waals surface area contributed by atoms with Gasteiger partial charge in [0.1, 0.15) is 0 Å². The number of hydrogen-bond donors (Lipinski definition) is 2.